The molecule has 1 aliphatic rings. The van der Waals surface area contributed by atoms with Crippen molar-refractivity contribution in [2.75, 3.05) is 18.8 Å². The molecule has 0 saturated carbocycles. The number of rotatable bonds is 6. The van der Waals surface area contributed by atoms with Gasteiger partial charge in [0.1, 0.15) is 10.3 Å². The summed E-state index contributed by atoms with van der Waals surface area (Å²) in [6.45, 7) is 0.850. The summed E-state index contributed by atoms with van der Waals surface area (Å²) in [5.41, 5.74) is 7.43. The molecule has 0 spiro atoms. The normalized spacial score (nSPS) is 17.6. The quantitative estimate of drug-likeness (QED) is 0.708. The summed E-state index contributed by atoms with van der Waals surface area (Å²) in [5.74, 6) is -0.229. The third-order valence-electron chi connectivity index (χ3n) is 4.26. The minimum absolute atomic E-state index is 0. The van der Waals surface area contributed by atoms with Crippen molar-refractivity contribution in [2.24, 2.45) is 0 Å². The predicted molar refractivity (Wildman–Crippen MR) is 106 cm³/mol. The molecule has 3 rings (SSSR count). The standard InChI is InChI=1S/C17H21N3O3S2.ClH/c18-14-7-5-13(6-8-14)9-10-19-17(21)15-3-1-11-20(15)25(22,23)16-4-2-12-24-16;/h2,4-8,12,15H,1,3,9-11,18H2,(H,19,21);1H. The van der Waals surface area contributed by atoms with Gasteiger partial charge in [0.25, 0.3) is 10.0 Å². The Balaban J connectivity index is 0.00000243. The minimum atomic E-state index is -3.59. The maximum Gasteiger partial charge on any atom is 0.253 e. The van der Waals surface area contributed by atoms with E-state index in [4.69, 9.17) is 5.73 Å². The average Bonchev–Trinajstić information content (AvgIpc) is 3.28. The zero-order chi connectivity index (χ0) is 17.9. The smallest absolute Gasteiger partial charge is 0.253 e. The van der Waals surface area contributed by atoms with Crippen LogP contribution >= 0.6 is 23.7 Å². The fourth-order valence-corrected chi connectivity index (χ4v) is 5.72. The second-order valence-electron chi connectivity index (χ2n) is 5.99. The van der Waals surface area contributed by atoms with Gasteiger partial charge in [-0.2, -0.15) is 4.31 Å². The number of sulfonamides is 1. The van der Waals surface area contributed by atoms with Crippen molar-refractivity contribution in [2.45, 2.75) is 29.5 Å². The van der Waals surface area contributed by atoms with Gasteiger partial charge in [-0.05, 0) is 48.4 Å². The van der Waals surface area contributed by atoms with E-state index in [9.17, 15) is 13.2 Å². The maximum atomic E-state index is 12.7. The van der Waals surface area contributed by atoms with Gasteiger partial charge in [-0.25, -0.2) is 8.42 Å². The molecule has 1 amide bonds. The van der Waals surface area contributed by atoms with Crippen molar-refractivity contribution in [1.29, 1.82) is 0 Å². The Morgan fingerprint density at radius 3 is 2.65 bits per heavy atom. The van der Waals surface area contributed by atoms with Crippen LogP contribution in [0.5, 0.6) is 0 Å². The Bertz CT molecular complexity index is 823. The molecule has 0 bridgehead atoms. The number of carbonyl (C=O) groups excluding carboxylic acids is 1. The molecule has 6 nitrogen and oxygen atoms in total. The molecule has 1 aliphatic heterocycles. The van der Waals surface area contributed by atoms with Crippen molar-refractivity contribution in [3.05, 3.63) is 47.3 Å². The topological polar surface area (TPSA) is 92.5 Å². The van der Waals surface area contributed by atoms with Gasteiger partial charge in [0.2, 0.25) is 5.91 Å². The van der Waals surface area contributed by atoms with Crippen molar-refractivity contribution < 1.29 is 13.2 Å². The van der Waals surface area contributed by atoms with Crippen LogP contribution < -0.4 is 11.1 Å². The van der Waals surface area contributed by atoms with Crippen LogP contribution in [0.25, 0.3) is 0 Å². The third-order valence-corrected chi connectivity index (χ3v) is 7.54. The van der Waals surface area contributed by atoms with E-state index in [0.29, 0.717) is 38.0 Å². The summed E-state index contributed by atoms with van der Waals surface area (Å²) in [5, 5.41) is 4.59. The molecule has 1 fully saturated rings. The third kappa shape index (κ3) is 4.56. The van der Waals surface area contributed by atoms with Crippen LogP contribution in [0.15, 0.2) is 46.0 Å². The summed E-state index contributed by atoms with van der Waals surface area (Å²) < 4.78 is 27.0. The number of hydrogen-bond acceptors (Lipinski definition) is 5. The number of nitrogens with one attached hydrogen (secondary N) is 1. The highest BCUT2D eigenvalue weighted by Crippen LogP contribution is 2.28. The van der Waals surface area contributed by atoms with Gasteiger partial charge in [-0.15, -0.1) is 23.7 Å². The first-order chi connectivity index (χ1) is 12.0. The van der Waals surface area contributed by atoms with E-state index in [1.165, 1.54) is 15.6 Å². The molecular formula is C17H22ClN3O3S2. The molecule has 1 saturated heterocycles. The van der Waals surface area contributed by atoms with E-state index in [-0.39, 0.29) is 22.5 Å². The average molecular weight is 416 g/mol. The fraction of sp³-hybridized carbons (Fsp3) is 0.353. The Labute approximate surface area is 163 Å². The largest absolute Gasteiger partial charge is 0.399 e. The number of amides is 1. The number of nitrogen functional groups attached to an aromatic ring is 1. The van der Waals surface area contributed by atoms with E-state index in [0.717, 1.165) is 5.56 Å². The molecule has 1 unspecified atom stereocenters. The molecule has 142 valence electrons. The number of benzene rings is 1. The highest BCUT2D eigenvalue weighted by molar-refractivity contribution is 7.91. The Morgan fingerprint density at radius 1 is 1.27 bits per heavy atom. The maximum absolute atomic E-state index is 12.7. The number of hydrogen-bond donors (Lipinski definition) is 2. The Morgan fingerprint density at radius 2 is 2.00 bits per heavy atom. The minimum Gasteiger partial charge on any atom is -0.399 e. The molecule has 3 N–H and O–H groups in total. The lowest BCUT2D eigenvalue weighted by Gasteiger charge is -2.22. The van der Waals surface area contributed by atoms with E-state index >= 15 is 0 Å². The van der Waals surface area contributed by atoms with Gasteiger partial charge in [-0.3, -0.25) is 4.79 Å². The second kappa shape index (κ2) is 8.85. The van der Waals surface area contributed by atoms with Gasteiger partial charge in [0, 0.05) is 18.8 Å². The van der Waals surface area contributed by atoms with Crippen LogP contribution in [-0.2, 0) is 21.2 Å². The number of anilines is 1. The first-order valence-electron chi connectivity index (χ1n) is 8.16. The van der Waals surface area contributed by atoms with E-state index in [1.54, 1.807) is 17.5 Å². The predicted octanol–water partition coefficient (Wildman–Crippen LogP) is 2.26. The SMILES string of the molecule is Cl.Nc1ccc(CCNC(=O)C2CCCN2S(=O)(=O)c2cccs2)cc1. The molecule has 0 aliphatic carbocycles. The van der Waals surface area contributed by atoms with Crippen LogP contribution in [0.4, 0.5) is 5.69 Å². The molecule has 1 aromatic carbocycles. The van der Waals surface area contributed by atoms with Crippen LogP contribution in [0.3, 0.4) is 0 Å². The number of nitrogens with zero attached hydrogens (tertiary/aromatic N) is 1. The van der Waals surface area contributed by atoms with Crippen LogP contribution in [0.1, 0.15) is 18.4 Å². The molecule has 2 aromatic rings. The van der Waals surface area contributed by atoms with Crippen molar-refractivity contribution in [3.8, 4) is 0 Å². The highest BCUT2D eigenvalue weighted by Gasteiger charge is 2.39. The van der Waals surface area contributed by atoms with Gasteiger partial charge in [-0.1, -0.05) is 18.2 Å². The first kappa shape index (κ1) is 20.7. The lowest BCUT2D eigenvalue weighted by atomic mass is 10.1. The number of halogens is 1. The Hall–Kier alpha value is -1.61. The first-order valence-corrected chi connectivity index (χ1v) is 10.5. The molecule has 9 heteroatoms. The molecular weight excluding hydrogens is 394 g/mol. The van der Waals surface area contributed by atoms with Crippen LogP contribution in [-0.4, -0.2) is 37.8 Å². The lowest BCUT2D eigenvalue weighted by molar-refractivity contribution is -0.124. The zero-order valence-corrected chi connectivity index (χ0v) is 16.6. The molecule has 2 heterocycles. The van der Waals surface area contributed by atoms with Crippen LogP contribution in [0, 0.1) is 0 Å². The summed E-state index contributed by atoms with van der Waals surface area (Å²) in [7, 11) is -3.59. The summed E-state index contributed by atoms with van der Waals surface area (Å²) in [4.78, 5) is 12.5. The summed E-state index contributed by atoms with van der Waals surface area (Å²) in [6.07, 6.45) is 1.93. The number of nitrogens with two attached hydrogens (primary N) is 1. The van der Waals surface area contributed by atoms with Crippen LogP contribution in [0.2, 0.25) is 0 Å². The Kier molecular flexibility index (Phi) is 7.05. The molecule has 26 heavy (non-hydrogen) atoms. The van der Waals surface area contributed by atoms with Crippen molar-refractivity contribution in [1.82, 2.24) is 9.62 Å². The molecule has 0 radical (unpaired) electrons. The highest BCUT2D eigenvalue weighted by atomic mass is 35.5. The van der Waals surface area contributed by atoms with E-state index in [1.807, 2.05) is 24.3 Å². The summed E-state index contributed by atoms with van der Waals surface area (Å²) in [6, 6.07) is 10.1. The van der Waals surface area contributed by atoms with Gasteiger partial charge < -0.3 is 11.1 Å². The van der Waals surface area contributed by atoms with E-state index in [2.05, 4.69) is 5.32 Å². The molecule has 1 atom stereocenters. The second-order valence-corrected chi connectivity index (χ2v) is 9.05. The fourth-order valence-electron chi connectivity index (χ4n) is 2.95. The lowest BCUT2D eigenvalue weighted by Crippen LogP contribution is -2.46. The number of carbonyl (C=O) groups is 1. The summed E-state index contributed by atoms with van der Waals surface area (Å²) >= 11 is 1.18. The zero-order valence-electron chi connectivity index (χ0n) is 14.1. The van der Waals surface area contributed by atoms with Gasteiger partial charge >= 0.3 is 0 Å². The molecule has 1 aromatic heterocycles. The van der Waals surface area contributed by atoms with Crippen molar-refractivity contribution >= 4 is 45.4 Å². The van der Waals surface area contributed by atoms with E-state index < -0.39 is 16.1 Å². The van der Waals surface area contributed by atoms with Gasteiger partial charge in [0.05, 0.1) is 0 Å². The van der Waals surface area contributed by atoms with Gasteiger partial charge in [0.15, 0.2) is 0 Å². The van der Waals surface area contributed by atoms with Crippen molar-refractivity contribution in [3.63, 3.8) is 0 Å². The monoisotopic (exact) mass is 415 g/mol. The number of thiophene rings is 1.